The second-order valence-corrected chi connectivity index (χ2v) is 13.9. The molecular weight excluding hydrogens is 849 g/mol. The van der Waals surface area contributed by atoms with Crippen LogP contribution in [0.25, 0.3) is 6.08 Å². The number of fused-ring (bicyclic) bond motifs is 1. The van der Waals surface area contributed by atoms with Crippen molar-refractivity contribution in [2.75, 3.05) is 13.2 Å². The molecule has 0 radical (unpaired) electrons. The highest BCUT2D eigenvalue weighted by molar-refractivity contribution is 14.1. The number of nitrogens with zero attached hydrogens (tertiary/aromatic N) is 2. The average Bonchev–Trinajstić information content (AvgIpc) is 3.27. The molecule has 0 fully saturated rings. The first-order valence-electron chi connectivity index (χ1n) is 13.6. The zero-order valence-electron chi connectivity index (χ0n) is 23.8. The van der Waals surface area contributed by atoms with E-state index < -0.39 is 12.0 Å². The molecule has 0 amide bonds. The minimum absolute atomic E-state index is 0.200. The van der Waals surface area contributed by atoms with Crippen molar-refractivity contribution in [1.82, 2.24) is 4.57 Å². The van der Waals surface area contributed by atoms with Gasteiger partial charge in [0, 0.05) is 24.7 Å². The van der Waals surface area contributed by atoms with Gasteiger partial charge in [-0.1, -0.05) is 52.7 Å². The molecule has 0 N–H and O–H groups in total. The maximum atomic E-state index is 14.1. The lowest BCUT2D eigenvalue weighted by Gasteiger charge is -2.24. The summed E-state index contributed by atoms with van der Waals surface area (Å²) in [5.74, 6) is 0.808. The number of carbonyl (C=O) groups is 1. The minimum atomic E-state index is -0.720. The molecule has 0 bridgehead atoms. The fourth-order valence-corrected chi connectivity index (χ4v) is 8.34. The Hall–Kier alpha value is -2.39. The van der Waals surface area contributed by atoms with Gasteiger partial charge in [-0.2, -0.15) is 0 Å². The molecular formula is C32H26Cl2I2N2O5S. The van der Waals surface area contributed by atoms with E-state index in [2.05, 4.69) is 50.2 Å². The van der Waals surface area contributed by atoms with Crippen LogP contribution in [0.4, 0.5) is 0 Å². The van der Waals surface area contributed by atoms with E-state index in [1.807, 2.05) is 55.5 Å². The predicted octanol–water partition coefficient (Wildman–Crippen LogP) is 7.29. The second-order valence-electron chi connectivity index (χ2n) is 9.63. The maximum Gasteiger partial charge on any atom is 0.338 e. The third kappa shape index (κ3) is 7.04. The standard InChI is InChI=1S/C32H26Cl2I2N2O5S/c1-4-41-23-10-7-18(8-11-23)28-27(31(40)42-5-2)17(3)37-32-38(28)30(39)26(44-32)13-20-12-22(35)15-25(36)29(20)43-16-19-6-9-21(33)14-24(19)34/h6-15,28H,4-5,16H2,1-3H3/b26-13-/t28-/m1/s1. The summed E-state index contributed by atoms with van der Waals surface area (Å²) in [5, 5.41) is 1.05. The van der Waals surface area contributed by atoms with E-state index in [0.29, 0.717) is 48.8 Å². The molecule has 3 aromatic carbocycles. The first kappa shape index (κ1) is 33.0. The molecule has 2 heterocycles. The van der Waals surface area contributed by atoms with Crippen molar-refractivity contribution in [3.05, 3.63) is 119 Å². The lowest BCUT2D eigenvalue weighted by atomic mass is 9.96. The molecule has 228 valence electrons. The van der Waals surface area contributed by atoms with Gasteiger partial charge in [-0.05, 0) is 114 Å². The number of hydrogen-bond donors (Lipinski definition) is 0. The van der Waals surface area contributed by atoms with Crippen LogP contribution in [0.15, 0.2) is 75.7 Å². The van der Waals surface area contributed by atoms with Gasteiger partial charge in [0.1, 0.15) is 18.1 Å². The molecule has 0 aliphatic carbocycles. The van der Waals surface area contributed by atoms with Crippen molar-refractivity contribution in [3.8, 4) is 11.5 Å². The van der Waals surface area contributed by atoms with Crippen molar-refractivity contribution in [1.29, 1.82) is 0 Å². The Bertz CT molecular complexity index is 1950. The quantitative estimate of drug-likeness (QED) is 0.131. The number of thiazole rings is 1. The fourth-order valence-electron chi connectivity index (χ4n) is 4.79. The first-order valence-corrected chi connectivity index (χ1v) is 17.3. The van der Waals surface area contributed by atoms with Crippen LogP contribution in [0.2, 0.25) is 10.0 Å². The largest absolute Gasteiger partial charge is 0.494 e. The molecule has 4 aromatic rings. The molecule has 0 saturated carbocycles. The van der Waals surface area contributed by atoms with E-state index in [1.54, 1.807) is 30.5 Å². The molecule has 1 aliphatic rings. The van der Waals surface area contributed by atoms with E-state index in [9.17, 15) is 9.59 Å². The van der Waals surface area contributed by atoms with Crippen molar-refractivity contribution in [2.45, 2.75) is 33.4 Å². The fraction of sp³-hybridized carbons (Fsp3) is 0.219. The monoisotopic (exact) mass is 874 g/mol. The summed E-state index contributed by atoms with van der Waals surface area (Å²) in [6, 6.07) is 15.9. The lowest BCUT2D eigenvalue weighted by Crippen LogP contribution is -2.39. The van der Waals surface area contributed by atoms with Gasteiger partial charge in [-0.15, -0.1) is 0 Å². The number of ether oxygens (including phenoxy) is 3. The molecule has 1 aromatic heterocycles. The van der Waals surface area contributed by atoms with Crippen LogP contribution < -0.4 is 24.4 Å². The smallest absolute Gasteiger partial charge is 0.338 e. The van der Waals surface area contributed by atoms with E-state index >= 15 is 0 Å². The Morgan fingerprint density at radius 1 is 1.05 bits per heavy atom. The first-order chi connectivity index (χ1) is 21.1. The molecule has 1 aliphatic heterocycles. The summed E-state index contributed by atoms with van der Waals surface area (Å²) in [7, 11) is 0. The van der Waals surface area contributed by atoms with Gasteiger partial charge in [0.25, 0.3) is 5.56 Å². The minimum Gasteiger partial charge on any atom is -0.494 e. The highest BCUT2D eigenvalue weighted by Crippen LogP contribution is 2.33. The Morgan fingerprint density at radius 2 is 1.80 bits per heavy atom. The Kier molecular flexibility index (Phi) is 10.8. The Balaban J connectivity index is 1.63. The molecule has 12 heteroatoms. The summed E-state index contributed by atoms with van der Waals surface area (Å²) in [6.07, 6.45) is 1.81. The van der Waals surface area contributed by atoms with E-state index in [-0.39, 0.29) is 18.8 Å². The zero-order chi connectivity index (χ0) is 31.5. The van der Waals surface area contributed by atoms with Gasteiger partial charge in [0.15, 0.2) is 4.80 Å². The van der Waals surface area contributed by atoms with Crippen molar-refractivity contribution >= 4 is 91.8 Å². The molecule has 0 spiro atoms. The summed E-state index contributed by atoms with van der Waals surface area (Å²) >= 11 is 18.2. The third-order valence-corrected chi connectivity index (χ3v) is 9.73. The van der Waals surface area contributed by atoms with Crippen LogP contribution in [0.1, 0.15) is 43.5 Å². The molecule has 44 heavy (non-hydrogen) atoms. The number of rotatable bonds is 9. The van der Waals surface area contributed by atoms with Gasteiger partial charge in [-0.3, -0.25) is 9.36 Å². The van der Waals surface area contributed by atoms with E-state index in [0.717, 1.165) is 23.8 Å². The average molecular weight is 875 g/mol. The molecule has 0 unspecified atom stereocenters. The predicted molar refractivity (Wildman–Crippen MR) is 191 cm³/mol. The van der Waals surface area contributed by atoms with Crippen LogP contribution in [-0.4, -0.2) is 23.8 Å². The normalized spacial score (nSPS) is 14.7. The maximum absolute atomic E-state index is 14.1. The Morgan fingerprint density at radius 3 is 2.48 bits per heavy atom. The zero-order valence-corrected chi connectivity index (χ0v) is 30.5. The number of hydrogen-bond acceptors (Lipinski definition) is 7. The number of aromatic nitrogens is 1. The van der Waals surface area contributed by atoms with Gasteiger partial charge in [0.2, 0.25) is 0 Å². The molecule has 0 saturated heterocycles. The number of esters is 1. The molecule has 1 atom stereocenters. The number of halogens is 4. The van der Waals surface area contributed by atoms with Crippen LogP contribution in [0, 0.1) is 7.14 Å². The number of benzene rings is 3. The van der Waals surface area contributed by atoms with Gasteiger partial charge in [0.05, 0.1) is 38.6 Å². The summed E-state index contributed by atoms with van der Waals surface area (Å²) in [5.41, 5.74) is 2.81. The van der Waals surface area contributed by atoms with Crippen LogP contribution >= 0.6 is 79.7 Å². The van der Waals surface area contributed by atoms with Gasteiger partial charge in [-0.25, -0.2) is 9.79 Å². The third-order valence-electron chi connectivity index (χ3n) is 6.73. The SMILES string of the molecule is CCOC(=O)C1=C(C)N=c2s/c(=C\c3cc(I)cc(I)c3OCc3ccc(Cl)cc3Cl)c(=O)n2[C@@H]1c1ccc(OCC)cc1. The summed E-state index contributed by atoms with van der Waals surface area (Å²) in [6.45, 7) is 6.37. The number of carbonyl (C=O) groups excluding carboxylic acids is 1. The van der Waals surface area contributed by atoms with Crippen molar-refractivity contribution < 1.29 is 19.0 Å². The van der Waals surface area contributed by atoms with Crippen molar-refractivity contribution in [2.24, 2.45) is 4.99 Å². The highest BCUT2D eigenvalue weighted by Gasteiger charge is 2.33. The highest BCUT2D eigenvalue weighted by atomic mass is 127. The van der Waals surface area contributed by atoms with Crippen LogP contribution in [0.3, 0.4) is 0 Å². The van der Waals surface area contributed by atoms with Gasteiger partial charge < -0.3 is 14.2 Å². The summed E-state index contributed by atoms with van der Waals surface area (Å²) < 4.78 is 21.2. The second kappa shape index (κ2) is 14.4. The number of allylic oxidation sites excluding steroid dienone is 1. The Labute approximate surface area is 295 Å². The van der Waals surface area contributed by atoms with Crippen LogP contribution in [-0.2, 0) is 16.1 Å². The summed E-state index contributed by atoms with van der Waals surface area (Å²) in [4.78, 5) is 32.5. The lowest BCUT2D eigenvalue weighted by molar-refractivity contribution is -0.139. The molecule has 5 rings (SSSR count). The van der Waals surface area contributed by atoms with Crippen LogP contribution in [0.5, 0.6) is 11.5 Å². The van der Waals surface area contributed by atoms with E-state index in [1.165, 1.54) is 11.3 Å². The molecule has 7 nitrogen and oxygen atoms in total. The van der Waals surface area contributed by atoms with Gasteiger partial charge >= 0.3 is 5.97 Å². The van der Waals surface area contributed by atoms with Crippen molar-refractivity contribution in [3.63, 3.8) is 0 Å². The van der Waals surface area contributed by atoms with E-state index in [4.69, 9.17) is 37.4 Å². The topological polar surface area (TPSA) is 79.1 Å².